The molecule has 0 spiro atoms. The molecule has 0 aromatic heterocycles. The van der Waals surface area contributed by atoms with E-state index in [0.29, 0.717) is 5.92 Å². The molecule has 0 fully saturated rings. The SMILES string of the molecule is Cl.NC1=NCC(c2ccccc2)CCS1. The molecule has 1 heterocycles. The van der Waals surface area contributed by atoms with Crippen LogP contribution in [0.15, 0.2) is 35.3 Å². The van der Waals surface area contributed by atoms with Gasteiger partial charge in [0.15, 0.2) is 5.17 Å². The van der Waals surface area contributed by atoms with Crippen molar-refractivity contribution in [2.75, 3.05) is 12.3 Å². The van der Waals surface area contributed by atoms with Crippen LogP contribution >= 0.6 is 24.2 Å². The van der Waals surface area contributed by atoms with Crippen LogP contribution in [0, 0.1) is 0 Å². The molecule has 2 N–H and O–H groups in total. The second kappa shape index (κ2) is 6.03. The van der Waals surface area contributed by atoms with Gasteiger partial charge in [-0.3, -0.25) is 4.99 Å². The highest BCUT2D eigenvalue weighted by Gasteiger charge is 2.14. The summed E-state index contributed by atoms with van der Waals surface area (Å²) in [4.78, 5) is 4.34. The molecular weight excluding hydrogens is 228 g/mol. The van der Waals surface area contributed by atoms with Gasteiger partial charge >= 0.3 is 0 Å². The van der Waals surface area contributed by atoms with Gasteiger partial charge in [0.05, 0.1) is 0 Å². The number of halogens is 1. The van der Waals surface area contributed by atoms with Crippen LogP contribution in [-0.4, -0.2) is 17.5 Å². The Morgan fingerprint density at radius 3 is 2.73 bits per heavy atom. The summed E-state index contributed by atoms with van der Waals surface area (Å²) in [5.41, 5.74) is 7.07. The minimum atomic E-state index is 0. The first-order valence-electron chi connectivity index (χ1n) is 4.84. The summed E-state index contributed by atoms with van der Waals surface area (Å²) in [5, 5.41) is 0.739. The Labute approximate surface area is 101 Å². The van der Waals surface area contributed by atoms with Crippen molar-refractivity contribution < 1.29 is 0 Å². The van der Waals surface area contributed by atoms with Crippen molar-refractivity contribution in [3.63, 3.8) is 0 Å². The molecular formula is C11H15ClN2S. The minimum Gasteiger partial charge on any atom is -0.379 e. The number of amidine groups is 1. The zero-order valence-corrected chi connectivity index (χ0v) is 10.1. The molecule has 1 aliphatic heterocycles. The molecule has 2 rings (SSSR count). The van der Waals surface area contributed by atoms with E-state index in [1.165, 1.54) is 12.0 Å². The highest BCUT2D eigenvalue weighted by atomic mass is 35.5. The lowest BCUT2D eigenvalue weighted by Gasteiger charge is -2.11. The van der Waals surface area contributed by atoms with E-state index in [1.54, 1.807) is 11.8 Å². The molecule has 2 nitrogen and oxygen atoms in total. The van der Waals surface area contributed by atoms with Crippen molar-refractivity contribution in [1.29, 1.82) is 0 Å². The fraction of sp³-hybridized carbons (Fsp3) is 0.364. The van der Waals surface area contributed by atoms with E-state index in [0.717, 1.165) is 17.5 Å². The molecule has 0 aliphatic carbocycles. The monoisotopic (exact) mass is 242 g/mol. The normalized spacial score (nSPS) is 21.1. The standard InChI is InChI=1S/C11H14N2S.ClH/c12-11-13-8-10(6-7-14-11)9-4-2-1-3-5-9;/h1-5,10H,6-8H2,(H2,12,13);1H. The van der Waals surface area contributed by atoms with Gasteiger partial charge in [-0.25, -0.2) is 0 Å². The summed E-state index contributed by atoms with van der Waals surface area (Å²) in [5.74, 6) is 1.62. The molecule has 82 valence electrons. The first-order chi connectivity index (χ1) is 6.86. The maximum Gasteiger partial charge on any atom is 0.153 e. The molecule has 0 amide bonds. The van der Waals surface area contributed by atoms with Crippen LogP contribution in [0.2, 0.25) is 0 Å². The molecule has 1 aromatic rings. The van der Waals surface area contributed by atoms with Crippen LogP contribution in [0.1, 0.15) is 17.9 Å². The van der Waals surface area contributed by atoms with Gasteiger partial charge in [0.1, 0.15) is 0 Å². The van der Waals surface area contributed by atoms with Crippen molar-refractivity contribution in [1.82, 2.24) is 0 Å². The maximum atomic E-state index is 5.69. The molecule has 0 saturated carbocycles. The number of nitrogens with two attached hydrogens (primary N) is 1. The molecule has 1 unspecified atom stereocenters. The predicted octanol–water partition coefficient (Wildman–Crippen LogP) is 2.64. The average molecular weight is 243 g/mol. The molecule has 0 radical (unpaired) electrons. The predicted molar refractivity (Wildman–Crippen MR) is 70.0 cm³/mol. The van der Waals surface area contributed by atoms with Gasteiger partial charge < -0.3 is 5.73 Å². The van der Waals surface area contributed by atoms with Crippen LogP contribution < -0.4 is 5.73 Å². The Morgan fingerprint density at radius 2 is 2.00 bits per heavy atom. The number of aliphatic imine (C=N–C) groups is 1. The van der Waals surface area contributed by atoms with E-state index >= 15 is 0 Å². The zero-order valence-electron chi connectivity index (χ0n) is 8.43. The highest BCUT2D eigenvalue weighted by Crippen LogP contribution is 2.24. The van der Waals surface area contributed by atoms with Gasteiger partial charge in [-0.05, 0) is 12.0 Å². The average Bonchev–Trinajstić information content (AvgIpc) is 2.44. The molecule has 4 heteroatoms. The number of benzene rings is 1. The summed E-state index contributed by atoms with van der Waals surface area (Å²) >= 11 is 1.67. The Morgan fingerprint density at radius 1 is 1.27 bits per heavy atom. The quantitative estimate of drug-likeness (QED) is 0.822. The third kappa shape index (κ3) is 3.43. The van der Waals surface area contributed by atoms with Crippen molar-refractivity contribution in [2.24, 2.45) is 10.7 Å². The van der Waals surface area contributed by atoms with Crippen LogP contribution in [0.5, 0.6) is 0 Å². The Balaban J connectivity index is 0.00000112. The fourth-order valence-electron chi connectivity index (χ4n) is 1.64. The van der Waals surface area contributed by atoms with E-state index in [2.05, 4.69) is 29.3 Å². The summed E-state index contributed by atoms with van der Waals surface area (Å²) in [6.45, 7) is 0.836. The number of thioether (sulfide) groups is 1. The third-order valence-corrected chi connectivity index (χ3v) is 3.32. The topological polar surface area (TPSA) is 38.4 Å². The number of nitrogens with zero attached hydrogens (tertiary/aromatic N) is 1. The lowest BCUT2D eigenvalue weighted by Crippen LogP contribution is -2.06. The van der Waals surface area contributed by atoms with E-state index in [1.807, 2.05) is 6.07 Å². The lowest BCUT2D eigenvalue weighted by molar-refractivity contribution is 0.686. The van der Waals surface area contributed by atoms with E-state index in [9.17, 15) is 0 Å². The largest absolute Gasteiger partial charge is 0.379 e. The van der Waals surface area contributed by atoms with Gasteiger partial charge in [0.2, 0.25) is 0 Å². The molecule has 1 aliphatic rings. The van der Waals surface area contributed by atoms with E-state index in [4.69, 9.17) is 5.73 Å². The fourth-order valence-corrected chi connectivity index (χ4v) is 2.42. The summed E-state index contributed by atoms with van der Waals surface area (Å²) in [6.07, 6.45) is 1.17. The first-order valence-corrected chi connectivity index (χ1v) is 5.82. The second-order valence-corrected chi connectivity index (χ2v) is 4.54. The highest BCUT2D eigenvalue weighted by molar-refractivity contribution is 8.13. The lowest BCUT2D eigenvalue weighted by atomic mass is 9.97. The van der Waals surface area contributed by atoms with Gasteiger partial charge in [-0.1, -0.05) is 42.1 Å². The number of rotatable bonds is 1. The Kier molecular flexibility index (Phi) is 4.99. The molecule has 1 atom stereocenters. The van der Waals surface area contributed by atoms with E-state index in [-0.39, 0.29) is 12.4 Å². The third-order valence-electron chi connectivity index (χ3n) is 2.45. The second-order valence-electron chi connectivity index (χ2n) is 3.42. The summed E-state index contributed by atoms with van der Waals surface area (Å²) in [7, 11) is 0. The van der Waals surface area contributed by atoms with Crippen molar-refractivity contribution >= 4 is 29.3 Å². The van der Waals surface area contributed by atoms with Gasteiger partial charge in [0, 0.05) is 18.2 Å². The van der Waals surface area contributed by atoms with Crippen LogP contribution in [0.4, 0.5) is 0 Å². The van der Waals surface area contributed by atoms with Gasteiger partial charge in [-0.2, -0.15) is 0 Å². The smallest absolute Gasteiger partial charge is 0.153 e. The van der Waals surface area contributed by atoms with Crippen LogP contribution in [-0.2, 0) is 0 Å². The van der Waals surface area contributed by atoms with Crippen molar-refractivity contribution in [2.45, 2.75) is 12.3 Å². The summed E-state index contributed by atoms with van der Waals surface area (Å²) in [6, 6.07) is 10.6. The first kappa shape index (κ1) is 12.4. The minimum absolute atomic E-state index is 0. The molecule has 1 aromatic carbocycles. The molecule has 0 bridgehead atoms. The van der Waals surface area contributed by atoms with Crippen molar-refractivity contribution in [3.05, 3.63) is 35.9 Å². The zero-order chi connectivity index (χ0) is 9.80. The summed E-state index contributed by atoms with van der Waals surface area (Å²) < 4.78 is 0. The number of hydrogen-bond donors (Lipinski definition) is 1. The van der Waals surface area contributed by atoms with Gasteiger partial charge in [0.25, 0.3) is 0 Å². The molecule has 15 heavy (non-hydrogen) atoms. The van der Waals surface area contributed by atoms with Crippen molar-refractivity contribution in [3.8, 4) is 0 Å². The Hall–Kier alpha value is -0.670. The number of hydrogen-bond acceptors (Lipinski definition) is 3. The van der Waals surface area contributed by atoms with E-state index < -0.39 is 0 Å². The maximum absolute atomic E-state index is 5.69. The van der Waals surface area contributed by atoms with Gasteiger partial charge in [-0.15, -0.1) is 12.4 Å². The Bertz CT molecular complexity index is 327. The molecule has 0 saturated heterocycles. The van der Waals surface area contributed by atoms with Crippen LogP contribution in [0.25, 0.3) is 0 Å². The van der Waals surface area contributed by atoms with Crippen LogP contribution in [0.3, 0.4) is 0 Å².